The first kappa shape index (κ1) is 15.2. The van der Waals surface area contributed by atoms with Crippen molar-refractivity contribution in [2.45, 2.75) is 0 Å². The minimum atomic E-state index is 0.849. The van der Waals surface area contributed by atoms with Gasteiger partial charge in [0, 0.05) is 20.2 Å². The van der Waals surface area contributed by atoms with Gasteiger partial charge in [0.1, 0.15) is 11.5 Å². The molecule has 0 unspecified atom stereocenters. The molecule has 4 aromatic carbocycles. The summed E-state index contributed by atoms with van der Waals surface area (Å²) < 4.78 is 8.56. The highest BCUT2D eigenvalue weighted by atomic mass is 32.1. The van der Waals surface area contributed by atoms with E-state index in [0.29, 0.717) is 0 Å². The molecule has 0 saturated carbocycles. The van der Waals surface area contributed by atoms with Crippen LogP contribution in [0.5, 0.6) is 11.5 Å². The molecule has 0 radical (unpaired) electrons. The largest absolute Gasteiger partial charge is 0.457 e. The van der Waals surface area contributed by atoms with Crippen molar-refractivity contribution < 1.29 is 4.74 Å². The molecule has 0 aliphatic heterocycles. The second-order valence-corrected chi connectivity index (χ2v) is 7.33. The van der Waals surface area contributed by atoms with E-state index in [1.165, 1.54) is 31.3 Å². The Kier molecular flexibility index (Phi) is 3.69. The number of rotatable bonds is 3. The number of hydrogen-bond donors (Lipinski definition) is 0. The summed E-state index contributed by atoms with van der Waals surface area (Å²) in [7, 11) is 0. The summed E-state index contributed by atoms with van der Waals surface area (Å²) in [4.78, 5) is 0. The Hall–Kier alpha value is -3.10. The first-order valence-corrected chi connectivity index (χ1v) is 9.43. The molecule has 0 spiro atoms. The minimum Gasteiger partial charge on any atom is -0.457 e. The molecule has 1 nitrogen and oxygen atoms in total. The highest BCUT2D eigenvalue weighted by Gasteiger charge is 2.07. The van der Waals surface area contributed by atoms with Crippen molar-refractivity contribution in [1.29, 1.82) is 0 Å². The molecule has 0 N–H and O–H groups in total. The molecule has 0 amide bonds. The molecule has 2 heteroatoms. The van der Waals surface area contributed by atoms with E-state index in [9.17, 15) is 0 Å². The Labute approximate surface area is 156 Å². The fourth-order valence-electron chi connectivity index (χ4n) is 3.25. The van der Waals surface area contributed by atoms with E-state index in [-0.39, 0.29) is 0 Å². The fourth-order valence-corrected chi connectivity index (χ4v) is 4.33. The maximum Gasteiger partial charge on any atom is 0.127 e. The summed E-state index contributed by atoms with van der Waals surface area (Å²) in [5, 5.41) is 2.66. The predicted molar refractivity (Wildman–Crippen MR) is 111 cm³/mol. The quantitative estimate of drug-likeness (QED) is 0.326. The summed E-state index contributed by atoms with van der Waals surface area (Å²) >= 11 is 1.85. The number of para-hydroxylation sites is 1. The van der Waals surface area contributed by atoms with E-state index in [2.05, 4.69) is 54.6 Å². The summed E-state index contributed by atoms with van der Waals surface area (Å²) in [6.07, 6.45) is 0. The van der Waals surface area contributed by atoms with Crippen LogP contribution in [0.3, 0.4) is 0 Å². The smallest absolute Gasteiger partial charge is 0.127 e. The van der Waals surface area contributed by atoms with Crippen molar-refractivity contribution in [1.82, 2.24) is 0 Å². The molecular formula is C24H16OS. The van der Waals surface area contributed by atoms with Crippen molar-refractivity contribution in [2.75, 3.05) is 0 Å². The van der Waals surface area contributed by atoms with Crippen LogP contribution in [-0.2, 0) is 0 Å². The van der Waals surface area contributed by atoms with Gasteiger partial charge < -0.3 is 4.74 Å². The first-order chi connectivity index (χ1) is 12.9. The third-order valence-corrected chi connectivity index (χ3v) is 5.70. The lowest BCUT2D eigenvalue weighted by molar-refractivity contribution is 0.483. The van der Waals surface area contributed by atoms with E-state index in [1.54, 1.807) is 0 Å². The van der Waals surface area contributed by atoms with Crippen molar-refractivity contribution in [2.24, 2.45) is 0 Å². The van der Waals surface area contributed by atoms with Crippen LogP contribution < -0.4 is 4.74 Å². The van der Waals surface area contributed by atoms with Crippen molar-refractivity contribution in [3.8, 4) is 22.6 Å². The maximum atomic E-state index is 5.89. The highest BCUT2D eigenvalue weighted by Crippen LogP contribution is 2.36. The zero-order chi connectivity index (χ0) is 17.3. The average molecular weight is 352 g/mol. The molecule has 0 bridgehead atoms. The predicted octanol–water partition coefficient (Wildman–Crippen LogP) is 7.51. The molecule has 0 aliphatic carbocycles. The van der Waals surface area contributed by atoms with Gasteiger partial charge in [-0.2, -0.15) is 0 Å². The molecule has 1 aromatic heterocycles. The zero-order valence-electron chi connectivity index (χ0n) is 14.1. The van der Waals surface area contributed by atoms with Crippen LogP contribution in [0.25, 0.3) is 31.3 Å². The van der Waals surface area contributed by atoms with Crippen LogP contribution in [0.2, 0.25) is 0 Å². The van der Waals surface area contributed by atoms with E-state index in [0.717, 1.165) is 11.5 Å². The van der Waals surface area contributed by atoms with Crippen LogP contribution in [0.15, 0.2) is 97.1 Å². The summed E-state index contributed by atoms with van der Waals surface area (Å²) in [6, 6.07) is 33.5. The SMILES string of the molecule is c1ccc(Oc2ccc(-c3ccc4sc5ccccc5c4c3)cc2)cc1. The van der Waals surface area contributed by atoms with Gasteiger partial charge in [-0.1, -0.05) is 54.6 Å². The second kappa shape index (κ2) is 6.32. The van der Waals surface area contributed by atoms with Gasteiger partial charge in [-0.25, -0.2) is 0 Å². The van der Waals surface area contributed by atoms with E-state index < -0.39 is 0 Å². The number of thiophene rings is 1. The minimum absolute atomic E-state index is 0.849. The van der Waals surface area contributed by atoms with Gasteiger partial charge in [-0.15, -0.1) is 11.3 Å². The Morgan fingerprint density at radius 2 is 1.15 bits per heavy atom. The molecule has 26 heavy (non-hydrogen) atoms. The van der Waals surface area contributed by atoms with Crippen molar-refractivity contribution in [3.63, 3.8) is 0 Å². The van der Waals surface area contributed by atoms with Crippen LogP contribution in [-0.4, -0.2) is 0 Å². The molecule has 1 heterocycles. The number of benzene rings is 4. The molecule has 124 valence electrons. The van der Waals surface area contributed by atoms with Crippen LogP contribution in [0.4, 0.5) is 0 Å². The Morgan fingerprint density at radius 1 is 0.500 bits per heavy atom. The first-order valence-electron chi connectivity index (χ1n) is 8.61. The monoisotopic (exact) mass is 352 g/mol. The van der Waals surface area contributed by atoms with Gasteiger partial charge in [-0.05, 0) is 53.6 Å². The van der Waals surface area contributed by atoms with Crippen molar-refractivity contribution in [3.05, 3.63) is 97.1 Å². The molecule has 0 saturated heterocycles. The number of fused-ring (bicyclic) bond motifs is 3. The summed E-state index contributed by atoms with van der Waals surface area (Å²) in [6.45, 7) is 0. The molecule has 0 aliphatic rings. The third-order valence-electron chi connectivity index (χ3n) is 4.54. The van der Waals surface area contributed by atoms with Gasteiger partial charge in [0.05, 0.1) is 0 Å². The van der Waals surface area contributed by atoms with Crippen molar-refractivity contribution >= 4 is 31.5 Å². The van der Waals surface area contributed by atoms with Gasteiger partial charge in [0.25, 0.3) is 0 Å². The standard InChI is InChI=1S/C24H16OS/c1-2-6-19(7-3-1)25-20-13-10-17(11-14-20)18-12-15-24-22(16-18)21-8-4-5-9-23(21)26-24/h1-16H. The topological polar surface area (TPSA) is 9.23 Å². The maximum absolute atomic E-state index is 5.89. The second-order valence-electron chi connectivity index (χ2n) is 6.25. The number of ether oxygens (including phenoxy) is 1. The van der Waals surface area contributed by atoms with Crippen LogP contribution in [0, 0.1) is 0 Å². The average Bonchev–Trinajstić information content (AvgIpc) is 3.07. The fraction of sp³-hybridized carbons (Fsp3) is 0. The zero-order valence-corrected chi connectivity index (χ0v) is 14.9. The molecule has 5 rings (SSSR count). The summed E-state index contributed by atoms with van der Waals surface area (Å²) in [5.41, 5.74) is 2.43. The molecule has 0 atom stereocenters. The van der Waals surface area contributed by atoms with Gasteiger partial charge in [-0.3, -0.25) is 0 Å². The Morgan fingerprint density at radius 3 is 2.00 bits per heavy atom. The lowest BCUT2D eigenvalue weighted by atomic mass is 10.0. The molecule has 0 fully saturated rings. The van der Waals surface area contributed by atoms with E-state index in [1.807, 2.05) is 53.8 Å². The van der Waals surface area contributed by atoms with Crippen LogP contribution >= 0.6 is 11.3 Å². The van der Waals surface area contributed by atoms with Crippen LogP contribution in [0.1, 0.15) is 0 Å². The molecular weight excluding hydrogens is 336 g/mol. The van der Waals surface area contributed by atoms with E-state index in [4.69, 9.17) is 4.74 Å². The number of hydrogen-bond acceptors (Lipinski definition) is 2. The lowest BCUT2D eigenvalue weighted by Crippen LogP contribution is -1.84. The summed E-state index contributed by atoms with van der Waals surface area (Å²) in [5.74, 6) is 1.70. The Bertz CT molecular complexity index is 1190. The molecule has 5 aromatic rings. The van der Waals surface area contributed by atoms with Gasteiger partial charge >= 0.3 is 0 Å². The van der Waals surface area contributed by atoms with Gasteiger partial charge in [0.2, 0.25) is 0 Å². The Balaban J connectivity index is 1.50. The third kappa shape index (κ3) is 2.75. The normalized spacial score (nSPS) is 11.1. The van der Waals surface area contributed by atoms with E-state index >= 15 is 0 Å². The van der Waals surface area contributed by atoms with Gasteiger partial charge in [0.15, 0.2) is 0 Å². The highest BCUT2D eigenvalue weighted by molar-refractivity contribution is 7.25. The lowest BCUT2D eigenvalue weighted by Gasteiger charge is -2.07.